The number of ether oxygens (including phenoxy) is 1. The zero-order valence-electron chi connectivity index (χ0n) is 25.5. The quantitative estimate of drug-likeness (QED) is 0.522. The number of benzene rings is 1. The molecule has 29 heavy (non-hydrogen) atoms. The van der Waals surface area contributed by atoms with E-state index in [-0.39, 0.29) is 17.0 Å². The number of hydrogen-bond donors (Lipinski definition) is 1. The van der Waals surface area contributed by atoms with Crippen molar-refractivity contribution in [3.05, 3.63) is 53.9 Å². The van der Waals surface area contributed by atoms with Crippen LogP contribution in [0.1, 0.15) is 47.0 Å². The maximum absolute atomic E-state index is 14.5. The van der Waals surface area contributed by atoms with Crippen LogP contribution >= 0.6 is 0 Å². The van der Waals surface area contributed by atoms with Gasteiger partial charge in [-0.3, -0.25) is 0 Å². The van der Waals surface area contributed by atoms with Crippen LogP contribution in [-0.4, -0.2) is 39.7 Å². The first kappa shape index (κ1) is 9.88. The van der Waals surface area contributed by atoms with Gasteiger partial charge in [-0.15, -0.1) is 15.3 Å². The van der Waals surface area contributed by atoms with Crippen molar-refractivity contribution in [3.63, 3.8) is 0 Å². The van der Waals surface area contributed by atoms with Gasteiger partial charge in [0.15, 0.2) is 17.3 Å². The van der Waals surface area contributed by atoms with Crippen LogP contribution in [0.15, 0.2) is 36.7 Å². The molecule has 0 amide bonds. The van der Waals surface area contributed by atoms with E-state index in [0.717, 1.165) is 23.0 Å². The molecule has 0 unspecified atom stereocenters. The normalized spacial score (nSPS) is 19.3. The number of nitrogens with zero attached hydrogens (tertiary/aromatic N) is 7. The van der Waals surface area contributed by atoms with Crippen LogP contribution in [0.25, 0.3) is 17.0 Å². The Morgan fingerprint density at radius 2 is 2.17 bits per heavy atom. The lowest BCUT2D eigenvalue weighted by Crippen LogP contribution is -2.20. The fourth-order valence-electron chi connectivity index (χ4n) is 2.58. The molecule has 4 rings (SSSR count). The second kappa shape index (κ2) is 7.21. The first-order chi connectivity index (χ1) is 18.3. The van der Waals surface area contributed by atoms with Gasteiger partial charge < -0.3 is 9.84 Å². The molecule has 4 aromatic rings. The fraction of sp³-hybridized carbons (Fsp3) is 0.316. The average Bonchev–Trinajstić information content (AvgIpc) is 3.47. The minimum atomic E-state index is -3.57. The molecule has 0 bridgehead atoms. The molecular weight excluding hydrogens is 377 g/mol. The van der Waals surface area contributed by atoms with Gasteiger partial charge in [0.25, 0.3) is 0 Å². The molecule has 1 aromatic carbocycles. The molecule has 0 spiro atoms. The first-order valence-corrected chi connectivity index (χ1v) is 8.07. The molecule has 0 radical (unpaired) electrons. The van der Waals surface area contributed by atoms with Crippen molar-refractivity contribution in [2.45, 2.75) is 39.3 Å². The second-order valence-electron chi connectivity index (χ2n) is 5.84. The summed E-state index contributed by atoms with van der Waals surface area (Å²) >= 11 is 0. The molecule has 3 aromatic heterocycles. The molecule has 0 fully saturated rings. The van der Waals surface area contributed by atoms with Crippen molar-refractivity contribution < 1.29 is 29.3 Å². The van der Waals surface area contributed by atoms with Crippen LogP contribution in [0.2, 0.25) is 0 Å². The first-order valence-electron chi connectivity index (χ1n) is 13.6. The lowest BCUT2D eigenvalue weighted by Gasteiger charge is -2.20. The summed E-state index contributed by atoms with van der Waals surface area (Å²) in [4.78, 5) is 3.77. The SMILES string of the molecule is [2H]C([2H])([2H])C([2H])([2H])n1ncnc1COc1nn2c(-c3ccccc3F)nnc2cc1C(O)(C([2H])([2H])[2H])C([2H])([2H])[2H]. The van der Waals surface area contributed by atoms with Gasteiger partial charge in [0.2, 0.25) is 5.88 Å². The Hall–Kier alpha value is -3.40. The topological polar surface area (TPSA) is 103 Å². The molecule has 10 heteroatoms. The highest BCUT2D eigenvalue weighted by molar-refractivity contribution is 5.60. The molecule has 150 valence electrons. The molecule has 0 saturated carbocycles. The smallest absolute Gasteiger partial charge is 0.238 e. The van der Waals surface area contributed by atoms with E-state index in [1.54, 1.807) is 0 Å². The number of aromatic nitrogens is 7. The average molecular weight is 408 g/mol. The van der Waals surface area contributed by atoms with Crippen LogP contribution in [0, 0.1) is 5.82 Å². The summed E-state index contributed by atoms with van der Waals surface area (Å²) in [6.07, 6.45) is 0.844. The van der Waals surface area contributed by atoms with Gasteiger partial charge in [-0.05, 0) is 38.8 Å². The van der Waals surface area contributed by atoms with Crippen molar-refractivity contribution in [2.24, 2.45) is 0 Å². The number of aliphatic hydroxyl groups is 1. The third-order valence-corrected chi connectivity index (χ3v) is 3.93. The van der Waals surface area contributed by atoms with Gasteiger partial charge in [0.05, 0.1) is 19.5 Å². The Morgan fingerprint density at radius 1 is 1.31 bits per heavy atom. The Balaban J connectivity index is 1.92. The van der Waals surface area contributed by atoms with E-state index in [1.807, 2.05) is 0 Å². The van der Waals surface area contributed by atoms with Crippen LogP contribution < -0.4 is 4.74 Å². The Labute approximate surface area is 181 Å². The molecule has 0 aliphatic carbocycles. The number of rotatable bonds is 6. The molecule has 3 heterocycles. The van der Waals surface area contributed by atoms with Gasteiger partial charge in [-0.1, -0.05) is 12.1 Å². The molecule has 0 saturated heterocycles. The zero-order chi connectivity index (χ0) is 29.9. The van der Waals surface area contributed by atoms with Crippen molar-refractivity contribution in [1.29, 1.82) is 0 Å². The van der Waals surface area contributed by atoms with Crippen LogP contribution in [-0.2, 0) is 18.7 Å². The number of halogens is 1. The minimum Gasteiger partial charge on any atom is -0.468 e. The largest absolute Gasteiger partial charge is 0.468 e. The summed E-state index contributed by atoms with van der Waals surface area (Å²) in [5, 5.41) is 26.5. The van der Waals surface area contributed by atoms with Crippen molar-refractivity contribution >= 4 is 5.65 Å². The van der Waals surface area contributed by atoms with Crippen molar-refractivity contribution in [2.75, 3.05) is 0 Å². The minimum absolute atomic E-state index is 0.0753. The zero-order valence-corrected chi connectivity index (χ0v) is 14.5. The summed E-state index contributed by atoms with van der Waals surface area (Å²) in [5.41, 5.74) is -4.77. The van der Waals surface area contributed by atoms with E-state index in [4.69, 9.17) is 19.8 Å². The Kier molecular flexibility index (Phi) is 2.46. The highest BCUT2D eigenvalue weighted by Gasteiger charge is 2.26. The van der Waals surface area contributed by atoms with E-state index in [2.05, 4.69) is 25.4 Å². The van der Waals surface area contributed by atoms with Crippen LogP contribution in [0.4, 0.5) is 4.39 Å². The lowest BCUT2D eigenvalue weighted by atomic mass is 10.0. The van der Waals surface area contributed by atoms with Gasteiger partial charge in [0.1, 0.15) is 18.8 Å². The highest BCUT2D eigenvalue weighted by Crippen LogP contribution is 2.31. The van der Waals surface area contributed by atoms with Crippen molar-refractivity contribution in [3.8, 4) is 17.3 Å². The van der Waals surface area contributed by atoms with Crippen LogP contribution in [0.3, 0.4) is 0 Å². The third-order valence-electron chi connectivity index (χ3n) is 3.93. The molecule has 0 aliphatic heterocycles. The Morgan fingerprint density at radius 3 is 2.97 bits per heavy atom. The summed E-state index contributed by atoms with van der Waals surface area (Å²) < 4.78 is 107. The van der Waals surface area contributed by atoms with E-state index in [1.165, 1.54) is 18.2 Å². The van der Waals surface area contributed by atoms with E-state index >= 15 is 0 Å². The highest BCUT2D eigenvalue weighted by atomic mass is 19.1. The second-order valence-corrected chi connectivity index (χ2v) is 5.84. The van der Waals surface area contributed by atoms with E-state index in [9.17, 15) is 9.50 Å². The van der Waals surface area contributed by atoms with E-state index in [0.29, 0.717) is 4.68 Å². The lowest BCUT2D eigenvalue weighted by molar-refractivity contribution is 0.0729. The van der Waals surface area contributed by atoms with Gasteiger partial charge in [-0.2, -0.15) is 9.61 Å². The van der Waals surface area contributed by atoms with Crippen LogP contribution in [0.5, 0.6) is 5.88 Å². The monoisotopic (exact) mass is 408 g/mol. The third kappa shape index (κ3) is 3.54. The number of aryl methyl sites for hydroxylation is 1. The fourth-order valence-corrected chi connectivity index (χ4v) is 2.58. The van der Waals surface area contributed by atoms with E-state index < -0.39 is 62.3 Å². The Bertz CT molecular complexity index is 1530. The predicted octanol–water partition coefficient (Wildman–Crippen LogP) is 2.35. The number of hydrogen-bond acceptors (Lipinski definition) is 7. The standard InChI is InChI=1S/C19H20FN7O2/c1-4-26-16(21-11-22-26)10-29-18-13(19(2,3)28)9-15-23-24-17(27(15)25-18)12-7-5-6-8-14(12)20/h5-9,11,28H,4,10H2,1-3H3/i1D3,2D3,3D3,4D2. The molecule has 9 nitrogen and oxygen atoms in total. The molecule has 1 N–H and O–H groups in total. The predicted molar refractivity (Wildman–Crippen MR) is 101 cm³/mol. The van der Waals surface area contributed by atoms with Gasteiger partial charge in [0, 0.05) is 18.8 Å². The number of fused-ring (bicyclic) bond motifs is 1. The summed E-state index contributed by atoms with van der Waals surface area (Å²) in [5.74, 6) is -2.11. The summed E-state index contributed by atoms with van der Waals surface area (Å²) in [7, 11) is 0. The molecule has 0 aliphatic rings. The molecule has 0 atom stereocenters. The maximum atomic E-state index is 14.5. The van der Waals surface area contributed by atoms with Gasteiger partial charge in [-0.25, -0.2) is 14.1 Å². The maximum Gasteiger partial charge on any atom is 0.238 e. The van der Waals surface area contributed by atoms with Gasteiger partial charge >= 0.3 is 0 Å². The summed E-state index contributed by atoms with van der Waals surface area (Å²) in [6.45, 7) is -14.2. The molecular formula is C19H20FN7O2. The van der Waals surface area contributed by atoms with Crippen molar-refractivity contribution in [1.82, 2.24) is 34.6 Å². The summed E-state index contributed by atoms with van der Waals surface area (Å²) in [6, 6.07) is 6.26.